The van der Waals surface area contributed by atoms with Crippen LogP contribution in [0.2, 0.25) is 0 Å². The number of carboxylic acids is 1. The molecule has 1 aliphatic heterocycles. The summed E-state index contributed by atoms with van der Waals surface area (Å²) in [5, 5.41) is 9.02. The van der Waals surface area contributed by atoms with Gasteiger partial charge in [0.15, 0.2) is 0 Å². The first-order valence-corrected chi connectivity index (χ1v) is 7.37. The van der Waals surface area contributed by atoms with E-state index in [0.717, 1.165) is 23.1 Å². The molecule has 1 fully saturated rings. The Kier molecular flexibility index (Phi) is 3.90. The van der Waals surface area contributed by atoms with E-state index in [1.807, 2.05) is 0 Å². The predicted octanol–water partition coefficient (Wildman–Crippen LogP) is 3.84. The van der Waals surface area contributed by atoms with Gasteiger partial charge in [-0.2, -0.15) is 0 Å². The van der Waals surface area contributed by atoms with E-state index in [2.05, 4.69) is 59.8 Å². The van der Waals surface area contributed by atoms with Gasteiger partial charge in [0.1, 0.15) is 0 Å². The number of anilines is 1. The van der Waals surface area contributed by atoms with Gasteiger partial charge in [0.2, 0.25) is 0 Å². The third-order valence-electron chi connectivity index (χ3n) is 4.28. The minimum atomic E-state index is -0.704. The molecule has 0 saturated carbocycles. The zero-order valence-corrected chi connectivity index (χ0v) is 13.2. The number of rotatable bonds is 3. The summed E-state index contributed by atoms with van der Waals surface area (Å²) < 4.78 is 1.10. The molecule has 0 amide bonds. The molecule has 1 saturated heterocycles. The van der Waals surface area contributed by atoms with Gasteiger partial charge in [-0.25, -0.2) is 0 Å². The molecule has 1 N–H and O–H groups in total. The molecule has 4 heteroatoms. The summed E-state index contributed by atoms with van der Waals surface area (Å²) in [6, 6.07) is 6.34. The van der Waals surface area contributed by atoms with Gasteiger partial charge in [-0.15, -0.1) is 0 Å². The van der Waals surface area contributed by atoms with E-state index in [1.165, 1.54) is 5.56 Å². The number of benzene rings is 1. The molecule has 0 spiro atoms. The third-order valence-corrected chi connectivity index (χ3v) is 5.14. The lowest BCUT2D eigenvalue weighted by molar-refractivity contribution is -0.138. The van der Waals surface area contributed by atoms with Gasteiger partial charge in [-0.05, 0) is 50.8 Å². The SMILES string of the molecule is Cc1ccc(N2CCC(CC(=O)O)C2(C)C)cc1Br. The smallest absolute Gasteiger partial charge is 0.303 e. The molecule has 1 unspecified atom stereocenters. The average molecular weight is 326 g/mol. The lowest BCUT2D eigenvalue weighted by Gasteiger charge is -2.37. The largest absolute Gasteiger partial charge is 0.481 e. The van der Waals surface area contributed by atoms with Crippen LogP contribution in [0.1, 0.15) is 32.3 Å². The van der Waals surface area contributed by atoms with Crippen LogP contribution >= 0.6 is 15.9 Å². The number of aryl methyl sites for hydroxylation is 1. The lowest BCUT2D eigenvalue weighted by Crippen LogP contribution is -2.43. The first-order chi connectivity index (χ1) is 8.82. The Morgan fingerprint density at radius 3 is 2.79 bits per heavy atom. The molecule has 0 bridgehead atoms. The van der Waals surface area contributed by atoms with Crippen molar-refractivity contribution >= 4 is 27.6 Å². The average Bonchev–Trinajstić information content (AvgIpc) is 2.58. The number of carboxylic acid groups (broad SMARTS) is 1. The third kappa shape index (κ3) is 2.78. The van der Waals surface area contributed by atoms with Crippen LogP contribution in [0.4, 0.5) is 5.69 Å². The molecule has 0 radical (unpaired) electrons. The molecule has 1 atom stereocenters. The Morgan fingerprint density at radius 1 is 1.53 bits per heavy atom. The predicted molar refractivity (Wildman–Crippen MR) is 80.7 cm³/mol. The first kappa shape index (κ1) is 14.4. The van der Waals surface area contributed by atoms with Crippen molar-refractivity contribution in [1.29, 1.82) is 0 Å². The molecule has 19 heavy (non-hydrogen) atoms. The second-order valence-corrected chi connectivity index (χ2v) is 6.68. The van der Waals surface area contributed by atoms with E-state index in [0.29, 0.717) is 0 Å². The lowest BCUT2D eigenvalue weighted by atomic mass is 9.85. The van der Waals surface area contributed by atoms with Crippen LogP contribution in [0.5, 0.6) is 0 Å². The van der Waals surface area contributed by atoms with Gasteiger partial charge in [0.05, 0.1) is 6.42 Å². The maximum absolute atomic E-state index is 11.0. The molecular formula is C15H20BrNO2. The van der Waals surface area contributed by atoms with Crippen molar-refractivity contribution in [3.05, 3.63) is 28.2 Å². The summed E-state index contributed by atoms with van der Waals surface area (Å²) in [5.41, 5.74) is 2.26. The fourth-order valence-corrected chi connectivity index (χ4v) is 3.29. The highest BCUT2D eigenvalue weighted by Gasteiger charge is 2.42. The monoisotopic (exact) mass is 325 g/mol. The Bertz CT molecular complexity index is 499. The topological polar surface area (TPSA) is 40.5 Å². The zero-order valence-electron chi connectivity index (χ0n) is 11.6. The summed E-state index contributed by atoms with van der Waals surface area (Å²) in [5.74, 6) is -0.505. The standard InChI is InChI=1S/C15H20BrNO2/c1-10-4-5-12(9-13(10)16)17-7-6-11(8-14(18)19)15(17,2)3/h4-5,9,11H,6-8H2,1-3H3,(H,18,19). The Morgan fingerprint density at radius 2 is 2.21 bits per heavy atom. The highest BCUT2D eigenvalue weighted by atomic mass is 79.9. The van der Waals surface area contributed by atoms with E-state index in [4.69, 9.17) is 5.11 Å². The summed E-state index contributed by atoms with van der Waals surface area (Å²) >= 11 is 3.57. The molecule has 2 rings (SSSR count). The van der Waals surface area contributed by atoms with Crippen molar-refractivity contribution in [2.24, 2.45) is 5.92 Å². The van der Waals surface area contributed by atoms with Gasteiger partial charge in [-0.3, -0.25) is 4.79 Å². The molecule has 3 nitrogen and oxygen atoms in total. The highest BCUT2D eigenvalue weighted by molar-refractivity contribution is 9.10. The van der Waals surface area contributed by atoms with Gasteiger partial charge in [-0.1, -0.05) is 22.0 Å². The van der Waals surface area contributed by atoms with Crippen LogP contribution in [0, 0.1) is 12.8 Å². The highest BCUT2D eigenvalue weighted by Crippen LogP contribution is 2.40. The van der Waals surface area contributed by atoms with Crippen molar-refractivity contribution in [2.45, 2.75) is 39.2 Å². The van der Waals surface area contributed by atoms with Crippen LogP contribution in [-0.2, 0) is 4.79 Å². The van der Waals surface area contributed by atoms with Crippen molar-refractivity contribution < 1.29 is 9.90 Å². The molecule has 104 valence electrons. The number of hydrogen-bond acceptors (Lipinski definition) is 2. The second-order valence-electron chi connectivity index (χ2n) is 5.82. The Labute approximate surface area is 122 Å². The number of carbonyl (C=O) groups is 1. The van der Waals surface area contributed by atoms with Crippen LogP contribution in [0.25, 0.3) is 0 Å². The summed E-state index contributed by atoms with van der Waals surface area (Å²) in [6.07, 6.45) is 1.18. The Hall–Kier alpha value is -1.03. The van der Waals surface area contributed by atoms with Crippen molar-refractivity contribution in [2.75, 3.05) is 11.4 Å². The fraction of sp³-hybridized carbons (Fsp3) is 0.533. The molecule has 1 aromatic rings. The molecular weight excluding hydrogens is 306 g/mol. The zero-order chi connectivity index (χ0) is 14.2. The Balaban J connectivity index is 2.26. The van der Waals surface area contributed by atoms with Crippen LogP contribution in [-0.4, -0.2) is 23.2 Å². The van der Waals surface area contributed by atoms with Crippen LogP contribution < -0.4 is 4.90 Å². The number of nitrogens with zero attached hydrogens (tertiary/aromatic N) is 1. The maximum atomic E-state index is 11.0. The summed E-state index contributed by atoms with van der Waals surface area (Å²) in [6.45, 7) is 7.26. The molecule has 0 aliphatic carbocycles. The van der Waals surface area contributed by atoms with E-state index >= 15 is 0 Å². The number of aliphatic carboxylic acids is 1. The van der Waals surface area contributed by atoms with Gasteiger partial charge in [0.25, 0.3) is 0 Å². The molecule has 1 aromatic carbocycles. The van der Waals surface area contributed by atoms with Crippen molar-refractivity contribution in [3.8, 4) is 0 Å². The van der Waals surface area contributed by atoms with E-state index in [9.17, 15) is 4.79 Å². The van der Waals surface area contributed by atoms with Crippen molar-refractivity contribution in [1.82, 2.24) is 0 Å². The minimum Gasteiger partial charge on any atom is -0.481 e. The van der Waals surface area contributed by atoms with Crippen LogP contribution in [0.15, 0.2) is 22.7 Å². The quantitative estimate of drug-likeness (QED) is 0.917. The normalized spacial score (nSPS) is 21.7. The first-order valence-electron chi connectivity index (χ1n) is 6.58. The molecule has 1 heterocycles. The van der Waals surface area contributed by atoms with E-state index in [-0.39, 0.29) is 17.9 Å². The summed E-state index contributed by atoms with van der Waals surface area (Å²) in [4.78, 5) is 13.3. The second kappa shape index (κ2) is 5.16. The molecule has 1 aliphatic rings. The number of halogens is 1. The van der Waals surface area contributed by atoms with Gasteiger partial charge >= 0.3 is 5.97 Å². The van der Waals surface area contributed by atoms with Crippen molar-refractivity contribution in [3.63, 3.8) is 0 Å². The fourth-order valence-electron chi connectivity index (χ4n) is 2.92. The van der Waals surface area contributed by atoms with Crippen LogP contribution in [0.3, 0.4) is 0 Å². The number of hydrogen-bond donors (Lipinski definition) is 1. The molecule has 0 aromatic heterocycles. The van der Waals surface area contributed by atoms with E-state index in [1.54, 1.807) is 0 Å². The van der Waals surface area contributed by atoms with Gasteiger partial charge in [0, 0.05) is 22.2 Å². The van der Waals surface area contributed by atoms with Gasteiger partial charge < -0.3 is 10.0 Å². The maximum Gasteiger partial charge on any atom is 0.303 e. The van der Waals surface area contributed by atoms with E-state index < -0.39 is 5.97 Å². The summed E-state index contributed by atoms with van der Waals surface area (Å²) in [7, 11) is 0. The minimum absolute atomic E-state index is 0.118.